The number of carbonyl (C=O) groups excluding carboxylic acids is 1. The van der Waals surface area contributed by atoms with Crippen LogP contribution >= 0.6 is 0 Å². The van der Waals surface area contributed by atoms with Gasteiger partial charge in [-0.3, -0.25) is 9.35 Å². The SMILES string of the molecule is CCCCC/C=C/C/C=C/CCCCCCCC(=O)OC(CS(=O)(=O)O)C(F)(F)F. The summed E-state index contributed by atoms with van der Waals surface area (Å²) in [5.74, 6) is -2.81. The Bertz CT molecular complexity index is 613. The summed E-state index contributed by atoms with van der Waals surface area (Å²) in [5, 5.41) is 0. The molecule has 1 N–H and O–H groups in total. The van der Waals surface area contributed by atoms with Gasteiger partial charge >= 0.3 is 12.1 Å². The maximum Gasteiger partial charge on any atom is 0.426 e. The Hall–Kier alpha value is -1.35. The molecular weight excluding hydrogens is 421 g/mol. The second-order valence-corrected chi connectivity index (χ2v) is 8.75. The molecule has 0 aromatic rings. The van der Waals surface area contributed by atoms with Gasteiger partial charge in [-0.05, 0) is 38.5 Å². The monoisotopic (exact) mass is 456 g/mol. The van der Waals surface area contributed by atoms with Gasteiger partial charge in [0.05, 0.1) is 0 Å². The van der Waals surface area contributed by atoms with Crippen LogP contribution in [0.1, 0.15) is 84.0 Å². The minimum Gasteiger partial charge on any atom is -0.451 e. The zero-order valence-electron chi connectivity index (χ0n) is 17.7. The van der Waals surface area contributed by atoms with Gasteiger partial charge in [0.2, 0.25) is 6.10 Å². The molecule has 0 aliphatic carbocycles. The summed E-state index contributed by atoms with van der Waals surface area (Å²) in [6, 6.07) is 0. The van der Waals surface area contributed by atoms with Crippen LogP contribution in [0.3, 0.4) is 0 Å². The van der Waals surface area contributed by atoms with Crippen molar-refractivity contribution in [3.8, 4) is 0 Å². The molecule has 0 aromatic heterocycles. The topological polar surface area (TPSA) is 80.7 Å². The molecule has 9 heteroatoms. The van der Waals surface area contributed by atoms with Crippen molar-refractivity contribution in [1.82, 2.24) is 0 Å². The number of halogens is 3. The van der Waals surface area contributed by atoms with Gasteiger partial charge < -0.3 is 4.74 Å². The van der Waals surface area contributed by atoms with Crippen molar-refractivity contribution in [2.24, 2.45) is 0 Å². The summed E-state index contributed by atoms with van der Waals surface area (Å²) >= 11 is 0. The third kappa shape index (κ3) is 18.7. The van der Waals surface area contributed by atoms with Gasteiger partial charge in [0, 0.05) is 6.42 Å². The highest BCUT2D eigenvalue weighted by Gasteiger charge is 2.45. The van der Waals surface area contributed by atoms with Crippen LogP contribution in [0.5, 0.6) is 0 Å². The van der Waals surface area contributed by atoms with Gasteiger partial charge in [-0.1, -0.05) is 63.3 Å². The van der Waals surface area contributed by atoms with Gasteiger partial charge in [0.25, 0.3) is 10.1 Å². The lowest BCUT2D eigenvalue weighted by Gasteiger charge is -2.19. The molecule has 0 bridgehead atoms. The zero-order chi connectivity index (χ0) is 22.9. The summed E-state index contributed by atoms with van der Waals surface area (Å²) in [6.45, 7) is 2.18. The maximum atomic E-state index is 12.7. The Morgan fingerprint density at radius 2 is 1.47 bits per heavy atom. The Morgan fingerprint density at radius 3 is 2.00 bits per heavy atom. The number of unbranched alkanes of at least 4 members (excludes halogenated alkanes) is 8. The van der Waals surface area contributed by atoms with Crippen molar-refractivity contribution in [2.45, 2.75) is 96.3 Å². The Balaban J connectivity index is 3.78. The molecule has 30 heavy (non-hydrogen) atoms. The predicted octanol–water partition coefficient (Wildman–Crippen LogP) is 6.16. The van der Waals surface area contributed by atoms with Crippen LogP contribution in [0.4, 0.5) is 13.2 Å². The van der Waals surface area contributed by atoms with E-state index in [2.05, 4.69) is 36.0 Å². The van der Waals surface area contributed by atoms with Crippen molar-refractivity contribution in [2.75, 3.05) is 5.75 Å². The normalized spacial score (nSPS) is 13.9. The molecule has 0 aliphatic heterocycles. The van der Waals surface area contributed by atoms with Crippen LogP contribution in [-0.4, -0.2) is 37.0 Å². The van der Waals surface area contributed by atoms with Gasteiger partial charge in [0.15, 0.2) is 0 Å². The lowest BCUT2D eigenvalue weighted by molar-refractivity contribution is -0.215. The third-order valence-corrected chi connectivity index (χ3v) is 5.06. The Labute approximate surface area is 178 Å². The zero-order valence-corrected chi connectivity index (χ0v) is 18.5. The van der Waals surface area contributed by atoms with E-state index in [-0.39, 0.29) is 6.42 Å². The molecule has 0 saturated carbocycles. The number of hydrogen-bond acceptors (Lipinski definition) is 4. The molecule has 176 valence electrons. The lowest BCUT2D eigenvalue weighted by atomic mass is 10.1. The quantitative estimate of drug-likeness (QED) is 0.123. The largest absolute Gasteiger partial charge is 0.451 e. The van der Waals surface area contributed by atoms with Crippen molar-refractivity contribution in [3.63, 3.8) is 0 Å². The smallest absolute Gasteiger partial charge is 0.426 e. The fourth-order valence-electron chi connectivity index (χ4n) is 2.68. The molecule has 0 radical (unpaired) electrons. The van der Waals surface area contributed by atoms with Gasteiger partial charge in [-0.25, -0.2) is 0 Å². The van der Waals surface area contributed by atoms with E-state index in [9.17, 15) is 26.4 Å². The second-order valence-electron chi connectivity index (χ2n) is 7.25. The highest BCUT2D eigenvalue weighted by Crippen LogP contribution is 2.24. The van der Waals surface area contributed by atoms with Crippen LogP contribution in [-0.2, 0) is 19.6 Å². The highest BCUT2D eigenvalue weighted by atomic mass is 32.2. The van der Waals surface area contributed by atoms with Gasteiger partial charge in [-0.15, -0.1) is 0 Å². The first-order valence-corrected chi connectivity index (χ1v) is 12.2. The number of carbonyl (C=O) groups is 1. The molecule has 0 saturated heterocycles. The minimum absolute atomic E-state index is 0.220. The molecule has 0 fully saturated rings. The van der Waals surface area contributed by atoms with E-state index in [4.69, 9.17) is 4.55 Å². The first kappa shape index (κ1) is 28.6. The van der Waals surface area contributed by atoms with Gasteiger partial charge in [0.1, 0.15) is 5.75 Å². The first-order chi connectivity index (χ1) is 14.1. The number of allylic oxidation sites excluding steroid dienone is 4. The van der Waals surface area contributed by atoms with E-state index >= 15 is 0 Å². The number of hydrogen-bond donors (Lipinski definition) is 1. The molecule has 0 amide bonds. The highest BCUT2D eigenvalue weighted by molar-refractivity contribution is 7.85. The summed E-state index contributed by atoms with van der Waals surface area (Å²) in [7, 11) is -4.91. The van der Waals surface area contributed by atoms with Crippen LogP contribution in [0.15, 0.2) is 24.3 Å². The summed E-state index contributed by atoms with van der Waals surface area (Å²) in [5.41, 5.74) is 0. The average Bonchev–Trinajstić information content (AvgIpc) is 2.62. The van der Waals surface area contributed by atoms with Crippen molar-refractivity contribution < 1.29 is 35.7 Å². The van der Waals surface area contributed by atoms with E-state index in [1.54, 1.807) is 0 Å². The Morgan fingerprint density at radius 1 is 0.933 bits per heavy atom. The fraction of sp³-hybridized carbons (Fsp3) is 0.762. The standard InChI is InChI=1S/C21H35F3O5S/c1-2-3-4-5-6-7-8-9-10-11-12-13-14-15-16-17-20(25)29-19(21(22,23)24)18-30(26,27)28/h6-7,9-10,19H,2-5,8,11-18H2,1H3,(H,26,27,28)/b7-6+,10-9+. The summed E-state index contributed by atoms with van der Waals surface area (Å²) in [6.07, 6.45) is 11.2. The van der Waals surface area contributed by atoms with E-state index in [1.807, 2.05) is 0 Å². The molecule has 1 unspecified atom stereocenters. The van der Waals surface area contributed by atoms with Gasteiger partial charge in [-0.2, -0.15) is 21.6 Å². The van der Waals surface area contributed by atoms with Crippen LogP contribution in [0.2, 0.25) is 0 Å². The van der Waals surface area contributed by atoms with E-state index in [0.29, 0.717) is 12.8 Å². The van der Waals surface area contributed by atoms with Crippen LogP contribution in [0.25, 0.3) is 0 Å². The summed E-state index contributed by atoms with van der Waals surface area (Å²) < 4.78 is 72.0. The first-order valence-electron chi connectivity index (χ1n) is 10.6. The summed E-state index contributed by atoms with van der Waals surface area (Å²) in [4.78, 5) is 11.5. The van der Waals surface area contributed by atoms with Crippen molar-refractivity contribution in [3.05, 3.63) is 24.3 Å². The molecule has 5 nitrogen and oxygen atoms in total. The number of ether oxygens (including phenoxy) is 1. The number of alkyl halides is 3. The molecule has 0 heterocycles. The molecule has 0 aromatic carbocycles. The molecule has 0 spiro atoms. The van der Waals surface area contributed by atoms with E-state index < -0.39 is 34.1 Å². The average molecular weight is 457 g/mol. The van der Waals surface area contributed by atoms with Crippen molar-refractivity contribution in [1.29, 1.82) is 0 Å². The fourth-order valence-corrected chi connectivity index (χ4v) is 3.32. The van der Waals surface area contributed by atoms with Crippen LogP contribution < -0.4 is 0 Å². The Kier molecular flexibility index (Phi) is 15.6. The lowest BCUT2D eigenvalue weighted by Crippen LogP contribution is -2.39. The number of esters is 1. The number of rotatable bonds is 17. The maximum absolute atomic E-state index is 12.7. The minimum atomic E-state index is -5.05. The van der Waals surface area contributed by atoms with E-state index in [1.165, 1.54) is 19.3 Å². The van der Waals surface area contributed by atoms with Crippen LogP contribution in [0, 0.1) is 0 Å². The second kappa shape index (κ2) is 16.4. The third-order valence-electron chi connectivity index (χ3n) is 4.33. The molecule has 1 atom stereocenters. The van der Waals surface area contributed by atoms with Crippen molar-refractivity contribution >= 4 is 16.1 Å². The molecular formula is C21H35F3O5S. The molecule has 0 aliphatic rings. The predicted molar refractivity (Wildman–Crippen MR) is 112 cm³/mol. The molecule has 0 rings (SSSR count). The van der Waals surface area contributed by atoms with E-state index in [0.717, 1.165) is 38.5 Å².